The average molecular weight is 373 g/mol. The molecule has 1 N–H and O–H groups in total. The summed E-state index contributed by atoms with van der Waals surface area (Å²) in [6, 6.07) is 7.41. The van der Waals surface area contributed by atoms with Gasteiger partial charge in [-0.25, -0.2) is 0 Å². The standard InChI is InChI=1S/C18H19N3O4S/c1-11-6-7-26-17(11)18-21-20-16(25-18)9-15(22)19-10-12-8-13(23-2)4-5-14(12)24-3/h4-8H,9-10H2,1-3H3,(H,19,22). The molecule has 7 nitrogen and oxygen atoms in total. The number of methoxy groups -OCH3 is 2. The van der Waals surface area contributed by atoms with Crippen LogP contribution in [-0.4, -0.2) is 30.3 Å². The fraction of sp³-hybridized carbons (Fsp3) is 0.278. The van der Waals surface area contributed by atoms with E-state index in [1.165, 1.54) is 11.3 Å². The SMILES string of the molecule is COc1ccc(OC)c(CNC(=O)Cc2nnc(-c3sccc3C)o2)c1. The van der Waals surface area contributed by atoms with E-state index in [4.69, 9.17) is 13.9 Å². The minimum atomic E-state index is -0.215. The molecule has 0 aliphatic heterocycles. The number of benzene rings is 1. The van der Waals surface area contributed by atoms with Gasteiger partial charge in [0.25, 0.3) is 5.89 Å². The Morgan fingerprint density at radius 2 is 2.08 bits per heavy atom. The van der Waals surface area contributed by atoms with E-state index in [0.29, 0.717) is 23.9 Å². The molecule has 0 aliphatic carbocycles. The minimum absolute atomic E-state index is 0.0176. The second-order valence-corrected chi connectivity index (χ2v) is 6.48. The largest absolute Gasteiger partial charge is 0.497 e. The predicted molar refractivity (Wildman–Crippen MR) is 97.4 cm³/mol. The van der Waals surface area contributed by atoms with Crippen molar-refractivity contribution in [3.63, 3.8) is 0 Å². The number of nitrogens with one attached hydrogen (secondary N) is 1. The van der Waals surface area contributed by atoms with Gasteiger partial charge in [-0.15, -0.1) is 21.5 Å². The molecule has 0 fully saturated rings. The number of ether oxygens (including phenoxy) is 2. The summed E-state index contributed by atoms with van der Waals surface area (Å²) >= 11 is 1.53. The molecule has 1 amide bonds. The lowest BCUT2D eigenvalue weighted by Crippen LogP contribution is -2.25. The van der Waals surface area contributed by atoms with Crippen molar-refractivity contribution in [2.45, 2.75) is 19.9 Å². The summed E-state index contributed by atoms with van der Waals surface area (Å²) < 4.78 is 16.1. The van der Waals surface area contributed by atoms with Gasteiger partial charge in [0.2, 0.25) is 11.8 Å². The van der Waals surface area contributed by atoms with E-state index >= 15 is 0 Å². The van der Waals surface area contributed by atoms with Crippen molar-refractivity contribution in [3.05, 3.63) is 46.7 Å². The van der Waals surface area contributed by atoms with Crippen LogP contribution in [0.25, 0.3) is 10.8 Å². The van der Waals surface area contributed by atoms with Crippen molar-refractivity contribution in [1.29, 1.82) is 0 Å². The third kappa shape index (κ3) is 4.02. The third-order valence-corrected chi connectivity index (χ3v) is 4.80. The molecule has 2 heterocycles. The van der Waals surface area contributed by atoms with Gasteiger partial charge in [0, 0.05) is 12.1 Å². The summed E-state index contributed by atoms with van der Waals surface area (Å²) in [7, 11) is 3.17. The highest BCUT2D eigenvalue weighted by Gasteiger charge is 2.15. The van der Waals surface area contributed by atoms with Crippen molar-refractivity contribution in [2.75, 3.05) is 14.2 Å². The highest BCUT2D eigenvalue weighted by Crippen LogP contribution is 2.28. The van der Waals surface area contributed by atoms with Gasteiger partial charge >= 0.3 is 0 Å². The second-order valence-electron chi connectivity index (χ2n) is 5.56. The zero-order valence-corrected chi connectivity index (χ0v) is 15.6. The lowest BCUT2D eigenvalue weighted by atomic mass is 10.2. The number of aromatic nitrogens is 2. The molecule has 3 rings (SSSR count). The summed E-state index contributed by atoms with van der Waals surface area (Å²) in [5, 5.41) is 12.8. The van der Waals surface area contributed by atoms with Crippen LogP contribution in [0.5, 0.6) is 11.5 Å². The van der Waals surface area contributed by atoms with E-state index in [-0.39, 0.29) is 18.2 Å². The summed E-state index contributed by atoms with van der Waals surface area (Å²) in [5.74, 6) is 1.88. The Hall–Kier alpha value is -2.87. The Balaban J connectivity index is 1.62. The zero-order chi connectivity index (χ0) is 18.5. The lowest BCUT2D eigenvalue weighted by Gasteiger charge is -2.11. The molecule has 0 atom stereocenters. The molecule has 0 spiro atoms. The fourth-order valence-corrected chi connectivity index (χ4v) is 3.27. The van der Waals surface area contributed by atoms with E-state index in [1.54, 1.807) is 26.4 Å². The minimum Gasteiger partial charge on any atom is -0.497 e. The zero-order valence-electron chi connectivity index (χ0n) is 14.7. The molecule has 0 saturated carbocycles. The molecule has 1 aromatic carbocycles. The van der Waals surface area contributed by atoms with Crippen LogP contribution >= 0.6 is 11.3 Å². The van der Waals surface area contributed by atoms with E-state index in [2.05, 4.69) is 15.5 Å². The van der Waals surface area contributed by atoms with Crippen LogP contribution in [0.2, 0.25) is 0 Å². The summed E-state index contributed by atoms with van der Waals surface area (Å²) in [6.45, 7) is 2.29. The van der Waals surface area contributed by atoms with Gasteiger partial charge < -0.3 is 19.2 Å². The number of carbonyl (C=O) groups is 1. The van der Waals surface area contributed by atoms with Crippen LogP contribution < -0.4 is 14.8 Å². The van der Waals surface area contributed by atoms with Gasteiger partial charge in [-0.05, 0) is 42.1 Å². The maximum atomic E-state index is 12.2. The maximum absolute atomic E-state index is 12.2. The maximum Gasteiger partial charge on any atom is 0.258 e. The number of hydrogen-bond donors (Lipinski definition) is 1. The number of thiophene rings is 1. The Labute approximate surface area is 155 Å². The quantitative estimate of drug-likeness (QED) is 0.685. The molecule has 136 valence electrons. The number of hydrogen-bond acceptors (Lipinski definition) is 7. The van der Waals surface area contributed by atoms with Gasteiger partial charge in [-0.3, -0.25) is 4.79 Å². The summed E-state index contributed by atoms with van der Waals surface area (Å²) in [6.07, 6.45) is 0.0176. The van der Waals surface area contributed by atoms with Gasteiger partial charge in [0.15, 0.2) is 0 Å². The first-order valence-corrected chi connectivity index (χ1v) is 8.83. The van der Waals surface area contributed by atoms with Crippen LogP contribution in [0.4, 0.5) is 0 Å². The molecule has 0 radical (unpaired) electrons. The van der Waals surface area contributed by atoms with Crippen molar-refractivity contribution in [1.82, 2.24) is 15.5 Å². The Morgan fingerprint density at radius 3 is 2.77 bits per heavy atom. The average Bonchev–Trinajstić information content (AvgIpc) is 3.28. The van der Waals surface area contributed by atoms with Crippen LogP contribution in [-0.2, 0) is 17.8 Å². The molecular weight excluding hydrogens is 354 g/mol. The fourth-order valence-electron chi connectivity index (χ4n) is 2.42. The Kier molecular flexibility index (Phi) is 5.52. The van der Waals surface area contributed by atoms with Gasteiger partial charge in [0.05, 0.1) is 19.1 Å². The number of rotatable bonds is 7. The topological polar surface area (TPSA) is 86.5 Å². The third-order valence-electron chi connectivity index (χ3n) is 3.80. The van der Waals surface area contributed by atoms with Crippen LogP contribution in [0.1, 0.15) is 17.0 Å². The second kappa shape index (κ2) is 8.01. The van der Waals surface area contributed by atoms with Gasteiger partial charge in [0.1, 0.15) is 17.9 Å². The monoisotopic (exact) mass is 373 g/mol. The van der Waals surface area contributed by atoms with E-state index < -0.39 is 0 Å². The molecule has 0 bridgehead atoms. The van der Waals surface area contributed by atoms with Crippen LogP contribution in [0.3, 0.4) is 0 Å². The van der Waals surface area contributed by atoms with Crippen LogP contribution in [0, 0.1) is 6.92 Å². The van der Waals surface area contributed by atoms with Crippen molar-refractivity contribution < 1.29 is 18.7 Å². The first-order chi connectivity index (χ1) is 12.6. The van der Waals surface area contributed by atoms with Gasteiger partial charge in [-0.2, -0.15) is 0 Å². The van der Waals surface area contributed by atoms with Crippen molar-refractivity contribution in [3.8, 4) is 22.3 Å². The molecule has 3 aromatic rings. The Morgan fingerprint density at radius 1 is 1.23 bits per heavy atom. The van der Waals surface area contributed by atoms with Crippen molar-refractivity contribution in [2.24, 2.45) is 0 Å². The molecular formula is C18H19N3O4S. The number of aryl methyl sites for hydroxylation is 1. The molecule has 0 unspecified atom stereocenters. The first-order valence-electron chi connectivity index (χ1n) is 7.95. The predicted octanol–water partition coefficient (Wildman–Crippen LogP) is 2.98. The molecule has 0 aliphatic rings. The van der Waals surface area contributed by atoms with Crippen LogP contribution in [0.15, 0.2) is 34.1 Å². The summed E-state index contributed by atoms with van der Waals surface area (Å²) in [4.78, 5) is 13.1. The highest BCUT2D eigenvalue weighted by molar-refractivity contribution is 7.13. The normalized spacial score (nSPS) is 10.6. The molecule has 2 aromatic heterocycles. The van der Waals surface area contributed by atoms with Gasteiger partial charge in [-0.1, -0.05) is 0 Å². The molecule has 26 heavy (non-hydrogen) atoms. The smallest absolute Gasteiger partial charge is 0.258 e. The van der Waals surface area contributed by atoms with E-state index in [1.807, 2.05) is 24.4 Å². The number of carbonyl (C=O) groups excluding carboxylic acids is 1. The number of nitrogens with zero attached hydrogens (tertiary/aromatic N) is 2. The lowest BCUT2D eigenvalue weighted by molar-refractivity contribution is -0.120. The highest BCUT2D eigenvalue weighted by atomic mass is 32.1. The van der Waals surface area contributed by atoms with E-state index in [9.17, 15) is 4.79 Å². The molecule has 8 heteroatoms. The summed E-state index contributed by atoms with van der Waals surface area (Å²) in [5.41, 5.74) is 1.89. The van der Waals surface area contributed by atoms with Crippen molar-refractivity contribution >= 4 is 17.2 Å². The molecule has 0 saturated heterocycles. The van der Waals surface area contributed by atoms with E-state index in [0.717, 1.165) is 16.0 Å². The Bertz CT molecular complexity index is 903. The number of amides is 1. The first kappa shape index (κ1) is 17.9.